The summed E-state index contributed by atoms with van der Waals surface area (Å²) in [7, 11) is -3.36. The fraction of sp³-hybridized carbons (Fsp3) is 0.625. The van der Waals surface area contributed by atoms with Crippen molar-refractivity contribution in [1.82, 2.24) is 4.72 Å². The average Bonchev–Trinajstić information content (AvgIpc) is 2.46. The maximum Gasteiger partial charge on any atom is 0.240 e. The molecule has 0 spiro atoms. The van der Waals surface area contributed by atoms with Crippen molar-refractivity contribution < 1.29 is 13.5 Å². The van der Waals surface area contributed by atoms with Crippen molar-refractivity contribution in [2.24, 2.45) is 0 Å². The van der Waals surface area contributed by atoms with E-state index in [4.69, 9.17) is 5.11 Å². The van der Waals surface area contributed by atoms with Gasteiger partial charge in [0.15, 0.2) is 0 Å². The topological polar surface area (TPSA) is 66.4 Å². The lowest BCUT2D eigenvalue weighted by Gasteiger charge is -2.07. The highest BCUT2D eigenvalue weighted by Gasteiger charge is 2.12. The molecular formula is C16H27NO3S. The molecule has 0 fully saturated rings. The Morgan fingerprint density at radius 3 is 2.00 bits per heavy atom. The van der Waals surface area contributed by atoms with Gasteiger partial charge < -0.3 is 5.11 Å². The van der Waals surface area contributed by atoms with Gasteiger partial charge in [-0.3, -0.25) is 0 Å². The Hall–Kier alpha value is -0.910. The largest absolute Gasteiger partial charge is 0.396 e. The molecule has 0 saturated carbocycles. The fourth-order valence-electron chi connectivity index (χ4n) is 2.13. The van der Waals surface area contributed by atoms with E-state index in [1.165, 1.54) is 0 Å². The van der Waals surface area contributed by atoms with E-state index < -0.39 is 10.0 Å². The minimum atomic E-state index is -3.36. The molecule has 0 aliphatic rings. The molecule has 0 bridgehead atoms. The molecule has 4 nitrogen and oxygen atoms in total. The van der Waals surface area contributed by atoms with Gasteiger partial charge in [0.2, 0.25) is 10.0 Å². The first-order valence-corrected chi connectivity index (χ1v) is 9.22. The quantitative estimate of drug-likeness (QED) is 0.617. The summed E-state index contributed by atoms with van der Waals surface area (Å²) in [5.41, 5.74) is 1.05. The molecular weight excluding hydrogens is 286 g/mol. The molecule has 0 aliphatic carbocycles. The summed E-state index contributed by atoms with van der Waals surface area (Å²) in [6, 6.07) is 6.89. The number of hydrogen-bond donors (Lipinski definition) is 2. The minimum Gasteiger partial charge on any atom is -0.396 e. The van der Waals surface area contributed by atoms with Crippen molar-refractivity contribution >= 4 is 10.0 Å². The molecule has 0 unspecified atom stereocenters. The van der Waals surface area contributed by atoms with Gasteiger partial charge in [-0.1, -0.05) is 49.8 Å². The highest BCUT2D eigenvalue weighted by molar-refractivity contribution is 7.89. The molecule has 0 radical (unpaired) electrons. The Morgan fingerprint density at radius 1 is 0.905 bits per heavy atom. The van der Waals surface area contributed by atoms with Gasteiger partial charge in [-0.15, -0.1) is 0 Å². The lowest BCUT2D eigenvalue weighted by Crippen LogP contribution is -2.24. The summed E-state index contributed by atoms with van der Waals surface area (Å²) in [5.74, 6) is 0. The van der Waals surface area contributed by atoms with Gasteiger partial charge in [0, 0.05) is 13.2 Å². The van der Waals surface area contributed by atoms with Crippen LogP contribution in [0.15, 0.2) is 29.2 Å². The van der Waals surface area contributed by atoms with E-state index in [1.54, 1.807) is 24.3 Å². The highest BCUT2D eigenvalue weighted by atomic mass is 32.2. The summed E-state index contributed by atoms with van der Waals surface area (Å²) >= 11 is 0. The van der Waals surface area contributed by atoms with Crippen LogP contribution in [0.4, 0.5) is 0 Å². The third-order valence-electron chi connectivity index (χ3n) is 3.46. The first kappa shape index (κ1) is 18.1. The van der Waals surface area contributed by atoms with Crippen molar-refractivity contribution in [2.75, 3.05) is 13.2 Å². The lowest BCUT2D eigenvalue weighted by atomic mass is 10.1. The standard InChI is InChI=1S/C16H27NO3S/c1-15-9-11-16(12-10-15)21(19,20)17-13-7-5-3-2-4-6-8-14-18/h9-12,17-18H,2-8,13-14H2,1H3. The predicted octanol–water partition coefficient (Wildman–Crippen LogP) is 3.00. The smallest absolute Gasteiger partial charge is 0.240 e. The molecule has 0 amide bonds. The zero-order chi connectivity index (χ0) is 15.6. The van der Waals surface area contributed by atoms with Crippen LogP contribution >= 0.6 is 0 Å². The first-order valence-electron chi connectivity index (χ1n) is 7.73. The molecule has 0 atom stereocenters. The van der Waals surface area contributed by atoms with Gasteiger partial charge in [-0.05, 0) is 31.9 Å². The van der Waals surface area contributed by atoms with Gasteiger partial charge in [-0.2, -0.15) is 0 Å². The third-order valence-corrected chi connectivity index (χ3v) is 4.94. The number of unbranched alkanes of at least 4 members (excludes halogenated alkanes) is 6. The second kappa shape index (κ2) is 9.92. The van der Waals surface area contributed by atoms with E-state index in [9.17, 15) is 8.42 Å². The summed E-state index contributed by atoms with van der Waals surface area (Å²) in [4.78, 5) is 0.331. The first-order chi connectivity index (χ1) is 10.1. The van der Waals surface area contributed by atoms with Crippen LogP contribution in [0, 0.1) is 6.92 Å². The normalized spacial score (nSPS) is 11.7. The molecule has 1 aromatic rings. The second-order valence-corrected chi connectivity index (χ2v) is 7.18. The highest BCUT2D eigenvalue weighted by Crippen LogP contribution is 2.10. The van der Waals surface area contributed by atoms with E-state index >= 15 is 0 Å². The number of benzene rings is 1. The predicted molar refractivity (Wildman–Crippen MR) is 85.8 cm³/mol. The van der Waals surface area contributed by atoms with Gasteiger partial charge in [0.1, 0.15) is 0 Å². The number of aryl methyl sites for hydroxylation is 1. The molecule has 0 heterocycles. The van der Waals surface area contributed by atoms with E-state index in [-0.39, 0.29) is 6.61 Å². The van der Waals surface area contributed by atoms with E-state index in [0.29, 0.717) is 11.4 Å². The lowest BCUT2D eigenvalue weighted by molar-refractivity contribution is 0.282. The number of nitrogens with one attached hydrogen (secondary N) is 1. The molecule has 1 aromatic carbocycles. The molecule has 120 valence electrons. The van der Waals surface area contributed by atoms with Crippen LogP contribution in [0.2, 0.25) is 0 Å². The van der Waals surface area contributed by atoms with E-state index in [1.807, 2.05) is 6.92 Å². The molecule has 5 heteroatoms. The van der Waals surface area contributed by atoms with Crippen molar-refractivity contribution in [2.45, 2.75) is 56.8 Å². The van der Waals surface area contributed by atoms with Crippen LogP contribution in [0.3, 0.4) is 0 Å². The fourth-order valence-corrected chi connectivity index (χ4v) is 3.20. The Bertz CT molecular complexity index is 483. The van der Waals surface area contributed by atoms with Gasteiger partial charge in [-0.25, -0.2) is 13.1 Å². The Labute approximate surface area is 128 Å². The maximum absolute atomic E-state index is 12.0. The number of aliphatic hydroxyl groups is 1. The number of aliphatic hydroxyl groups excluding tert-OH is 1. The molecule has 2 N–H and O–H groups in total. The number of rotatable bonds is 11. The van der Waals surface area contributed by atoms with Crippen molar-refractivity contribution in [3.8, 4) is 0 Å². The van der Waals surface area contributed by atoms with E-state index in [2.05, 4.69) is 4.72 Å². The second-order valence-electron chi connectivity index (χ2n) is 5.41. The van der Waals surface area contributed by atoms with Gasteiger partial charge in [0.25, 0.3) is 0 Å². The SMILES string of the molecule is Cc1ccc(S(=O)(=O)NCCCCCCCCCO)cc1. The van der Waals surface area contributed by atoms with Gasteiger partial charge >= 0.3 is 0 Å². The van der Waals surface area contributed by atoms with Gasteiger partial charge in [0.05, 0.1) is 4.90 Å². The van der Waals surface area contributed by atoms with Crippen LogP contribution in [0.25, 0.3) is 0 Å². The van der Waals surface area contributed by atoms with Crippen molar-refractivity contribution in [1.29, 1.82) is 0 Å². The molecule has 0 aromatic heterocycles. The zero-order valence-electron chi connectivity index (χ0n) is 12.8. The molecule has 0 aliphatic heterocycles. The monoisotopic (exact) mass is 313 g/mol. The summed E-state index contributed by atoms with van der Waals surface area (Å²) in [5, 5.41) is 8.66. The minimum absolute atomic E-state index is 0.279. The summed E-state index contributed by atoms with van der Waals surface area (Å²) < 4.78 is 26.7. The Kier molecular flexibility index (Phi) is 8.57. The Balaban J connectivity index is 2.15. The molecule has 1 rings (SSSR count). The van der Waals surface area contributed by atoms with E-state index in [0.717, 1.165) is 50.5 Å². The van der Waals surface area contributed by atoms with Crippen molar-refractivity contribution in [3.05, 3.63) is 29.8 Å². The Morgan fingerprint density at radius 2 is 1.43 bits per heavy atom. The summed E-state index contributed by atoms with van der Waals surface area (Å²) in [6.07, 6.45) is 7.30. The molecule has 21 heavy (non-hydrogen) atoms. The molecule has 0 saturated heterocycles. The van der Waals surface area contributed by atoms with Crippen LogP contribution in [0.1, 0.15) is 50.5 Å². The van der Waals surface area contributed by atoms with Crippen molar-refractivity contribution in [3.63, 3.8) is 0 Å². The zero-order valence-corrected chi connectivity index (χ0v) is 13.7. The number of hydrogen-bond acceptors (Lipinski definition) is 3. The summed E-state index contributed by atoms with van der Waals surface area (Å²) in [6.45, 7) is 2.71. The van der Waals surface area contributed by atoms with Crippen LogP contribution in [0.5, 0.6) is 0 Å². The third kappa shape index (κ3) is 7.60. The van der Waals surface area contributed by atoms with Crippen LogP contribution in [-0.2, 0) is 10.0 Å². The van der Waals surface area contributed by atoms with Crippen LogP contribution in [-0.4, -0.2) is 26.7 Å². The number of sulfonamides is 1. The maximum atomic E-state index is 12.0. The van der Waals surface area contributed by atoms with Crippen LogP contribution < -0.4 is 4.72 Å². The average molecular weight is 313 g/mol.